The number of amides is 2. The van der Waals surface area contributed by atoms with Crippen molar-refractivity contribution >= 4 is 29.1 Å². The minimum Gasteiger partial charge on any atom is -0.302 e. The highest BCUT2D eigenvalue weighted by Gasteiger charge is 2.50. The van der Waals surface area contributed by atoms with Gasteiger partial charge in [-0.05, 0) is 19.1 Å². The first-order chi connectivity index (χ1) is 7.98. The third-order valence-electron chi connectivity index (χ3n) is 2.71. The van der Waals surface area contributed by atoms with Gasteiger partial charge in [0.25, 0.3) is 0 Å². The number of hydrogen-bond donors (Lipinski definition) is 2. The van der Waals surface area contributed by atoms with E-state index in [1.807, 2.05) is 6.92 Å². The molecule has 1 rings (SSSR count). The van der Waals surface area contributed by atoms with Gasteiger partial charge in [0.2, 0.25) is 11.8 Å². The second-order valence-corrected chi connectivity index (χ2v) is 4.12. The summed E-state index contributed by atoms with van der Waals surface area (Å²) in [7, 11) is 0. The van der Waals surface area contributed by atoms with Crippen LogP contribution < -0.4 is 10.6 Å². The van der Waals surface area contributed by atoms with E-state index in [2.05, 4.69) is 29.1 Å². The quantitative estimate of drug-likeness (QED) is 0.329. The van der Waals surface area contributed by atoms with Crippen LogP contribution >= 0.6 is 12.2 Å². The molecule has 0 spiro atoms. The molecule has 1 heterocycles. The predicted molar refractivity (Wildman–Crippen MR) is 68.7 cm³/mol. The normalized spacial score (nSPS) is 19.5. The summed E-state index contributed by atoms with van der Waals surface area (Å²) < 4.78 is 0. The molecule has 1 atom stereocenters. The molecule has 17 heavy (non-hydrogen) atoms. The molecule has 1 fully saturated rings. The van der Waals surface area contributed by atoms with Crippen LogP contribution in [0.5, 0.6) is 0 Å². The molecule has 0 aromatic carbocycles. The fourth-order valence-corrected chi connectivity index (χ4v) is 1.86. The lowest BCUT2D eigenvalue weighted by Gasteiger charge is -2.34. The molecule has 1 saturated heterocycles. The zero-order chi connectivity index (χ0) is 13.1. The number of carbonyl (C=O) groups excluding carboxylic acids is 2. The number of nitrogens with one attached hydrogen (secondary N) is 2. The maximum absolute atomic E-state index is 12.0. The Morgan fingerprint density at radius 2 is 2.00 bits per heavy atom. The number of rotatable bonds is 2. The van der Waals surface area contributed by atoms with Gasteiger partial charge in [0, 0.05) is 12.3 Å². The molecule has 90 valence electrons. The van der Waals surface area contributed by atoms with Crippen molar-refractivity contribution in [2.45, 2.75) is 20.3 Å². The van der Waals surface area contributed by atoms with Gasteiger partial charge in [-0.2, -0.15) is 0 Å². The first-order valence-corrected chi connectivity index (χ1v) is 5.68. The van der Waals surface area contributed by atoms with E-state index in [0.29, 0.717) is 6.42 Å². The van der Waals surface area contributed by atoms with E-state index in [4.69, 9.17) is 12.2 Å². The molecular formula is C12H14N2O2S. The average molecular weight is 250 g/mol. The molecule has 0 aromatic rings. The second kappa shape index (κ2) is 5.11. The van der Waals surface area contributed by atoms with E-state index in [-0.39, 0.29) is 5.11 Å². The van der Waals surface area contributed by atoms with Gasteiger partial charge in [-0.25, -0.2) is 0 Å². The lowest BCUT2D eigenvalue weighted by molar-refractivity contribution is -0.141. The van der Waals surface area contributed by atoms with Crippen molar-refractivity contribution in [2.24, 2.45) is 11.3 Å². The van der Waals surface area contributed by atoms with Crippen LogP contribution in [0.4, 0.5) is 0 Å². The molecule has 0 unspecified atom stereocenters. The fourth-order valence-electron chi connectivity index (χ4n) is 1.67. The monoisotopic (exact) mass is 250 g/mol. The summed E-state index contributed by atoms with van der Waals surface area (Å²) in [4.78, 5) is 23.9. The zero-order valence-corrected chi connectivity index (χ0v) is 10.6. The zero-order valence-electron chi connectivity index (χ0n) is 9.79. The first-order valence-electron chi connectivity index (χ1n) is 5.27. The lowest BCUT2D eigenvalue weighted by Crippen LogP contribution is -2.63. The average Bonchev–Trinajstić information content (AvgIpc) is 2.26. The molecule has 0 saturated carbocycles. The van der Waals surface area contributed by atoms with Gasteiger partial charge >= 0.3 is 0 Å². The largest absolute Gasteiger partial charge is 0.302 e. The summed E-state index contributed by atoms with van der Waals surface area (Å²) in [6, 6.07) is 0. The maximum atomic E-state index is 12.0. The van der Waals surface area contributed by atoms with Crippen molar-refractivity contribution in [3.8, 4) is 11.8 Å². The van der Waals surface area contributed by atoms with Crippen LogP contribution in [-0.4, -0.2) is 16.9 Å². The smallest absolute Gasteiger partial charge is 0.246 e. The van der Waals surface area contributed by atoms with Crippen molar-refractivity contribution in [1.82, 2.24) is 10.6 Å². The third kappa shape index (κ3) is 2.22. The predicted octanol–water partition coefficient (Wildman–Crippen LogP) is 0.739. The Labute approximate surface area is 106 Å². The van der Waals surface area contributed by atoms with E-state index in [9.17, 15) is 9.59 Å². The van der Waals surface area contributed by atoms with E-state index >= 15 is 0 Å². The Balaban J connectivity index is 3.17. The van der Waals surface area contributed by atoms with Crippen LogP contribution in [0.15, 0.2) is 12.7 Å². The summed E-state index contributed by atoms with van der Waals surface area (Å²) in [5.41, 5.74) is -1.37. The fraction of sp³-hybridized carbons (Fsp3) is 0.417. The summed E-state index contributed by atoms with van der Waals surface area (Å²) in [6.45, 7) is 7.20. The highest BCUT2D eigenvalue weighted by molar-refractivity contribution is 7.80. The lowest BCUT2D eigenvalue weighted by atomic mass is 9.74. The summed E-state index contributed by atoms with van der Waals surface area (Å²) in [5.74, 6) is 4.35. The number of thiocarbonyl (C=S) groups is 1. The first kappa shape index (κ1) is 13.4. The van der Waals surface area contributed by atoms with Crippen LogP contribution in [0.25, 0.3) is 0 Å². The van der Waals surface area contributed by atoms with Crippen molar-refractivity contribution < 1.29 is 9.59 Å². The Kier molecular flexibility index (Phi) is 4.02. The van der Waals surface area contributed by atoms with E-state index < -0.39 is 23.1 Å². The molecule has 2 amide bonds. The number of hydrogen-bond acceptors (Lipinski definition) is 3. The Morgan fingerprint density at radius 1 is 1.47 bits per heavy atom. The van der Waals surface area contributed by atoms with Gasteiger partial charge in [-0.3, -0.25) is 9.59 Å². The molecular weight excluding hydrogens is 236 g/mol. The molecule has 5 heteroatoms. The minimum atomic E-state index is -1.37. The maximum Gasteiger partial charge on any atom is 0.246 e. The molecule has 1 aliphatic rings. The second-order valence-electron chi connectivity index (χ2n) is 3.71. The molecule has 0 bridgehead atoms. The molecule has 0 radical (unpaired) electrons. The van der Waals surface area contributed by atoms with Gasteiger partial charge in [-0.1, -0.05) is 18.9 Å². The van der Waals surface area contributed by atoms with Crippen molar-refractivity contribution in [1.29, 1.82) is 0 Å². The Hall–Kier alpha value is -1.67. The Morgan fingerprint density at radius 3 is 2.41 bits per heavy atom. The highest BCUT2D eigenvalue weighted by atomic mass is 32.1. The van der Waals surface area contributed by atoms with Crippen LogP contribution in [0, 0.1) is 23.2 Å². The summed E-state index contributed by atoms with van der Waals surface area (Å²) in [5, 5.41) is 4.88. The van der Waals surface area contributed by atoms with Gasteiger partial charge in [0.1, 0.15) is 0 Å². The topological polar surface area (TPSA) is 58.2 Å². The van der Waals surface area contributed by atoms with Crippen molar-refractivity contribution in [2.75, 3.05) is 0 Å². The molecule has 1 aliphatic heterocycles. The highest BCUT2D eigenvalue weighted by Crippen LogP contribution is 2.31. The van der Waals surface area contributed by atoms with Crippen LogP contribution in [0.1, 0.15) is 20.3 Å². The number of carbonyl (C=O) groups is 2. The standard InChI is InChI=1S/C12H14N2O2S/c1-4-6-7-8(3)12(5-2)9(15)13-11(17)14-10(12)16/h5,8H,2,4H2,1,3H3,(H2,13,14,15,16,17)/t8-/m1/s1. The molecule has 2 N–H and O–H groups in total. The summed E-state index contributed by atoms with van der Waals surface area (Å²) in [6.07, 6.45) is 1.99. The molecule has 0 aliphatic carbocycles. The minimum absolute atomic E-state index is 0.0214. The third-order valence-corrected chi connectivity index (χ3v) is 2.91. The molecule has 4 nitrogen and oxygen atoms in total. The summed E-state index contributed by atoms with van der Waals surface area (Å²) >= 11 is 4.75. The van der Waals surface area contributed by atoms with Crippen LogP contribution in [-0.2, 0) is 9.59 Å². The van der Waals surface area contributed by atoms with Crippen molar-refractivity contribution in [3.05, 3.63) is 12.7 Å². The molecule has 0 aromatic heterocycles. The van der Waals surface area contributed by atoms with Crippen molar-refractivity contribution in [3.63, 3.8) is 0 Å². The van der Waals surface area contributed by atoms with E-state index in [1.54, 1.807) is 6.92 Å². The van der Waals surface area contributed by atoms with Crippen LogP contribution in [0.3, 0.4) is 0 Å². The van der Waals surface area contributed by atoms with Gasteiger partial charge in [0.05, 0.1) is 0 Å². The van der Waals surface area contributed by atoms with Gasteiger partial charge in [0.15, 0.2) is 10.5 Å². The SMILES string of the molecule is C=CC1([C@H](C)C#CCC)C(=O)NC(=S)NC1=O. The van der Waals surface area contributed by atoms with E-state index in [0.717, 1.165) is 0 Å². The van der Waals surface area contributed by atoms with Crippen LogP contribution in [0.2, 0.25) is 0 Å². The van der Waals surface area contributed by atoms with E-state index in [1.165, 1.54) is 6.08 Å². The Bertz CT molecular complexity index is 425. The van der Waals surface area contributed by atoms with Gasteiger partial charge in [-0.15, -0.1) is 12.5 Å². The van der Waals surface area contributed by atoms with Gasteiger partial charge < -0.3 is 10.6 Å².